The Morgan fingerprint density at radius 3 is 2.38 bits per heavy atom. The van der Waals surface area contributed by atoms with Crippen LogP contribution in [0.4, 0.5) is 0 Å². The van der Waals surface area contributed by atoms with Crippen LogP contribution in [0.1, 0.15) is 30.4 Å². The SMILES string of the molecule is C1CCNC1.NC1CCc2ccccc2C1. The van der Waals surface area contributed by atoms with Crippen LogP contribution in [-0.2, 0) is 12.8 Å². The molecule has 1 fully saturated rings. The van der Waals surface area contributed by atoms with Crippen LogP contribution in [0.5, 0.6) is 0 Å². The summed E-state index contributed by atoms with van der Waals surface area (Å²) in [5.41, 5.74) is 8.79. The van der Waals surface area contributed by atoms with Crippen LogP contribution in [0.3, 0.4) is 0 Å². The first-order valence-corrected chi connectivity index (χ1v) is 6.39. The van der Waals surface area contributed by atoms with Crippen LogP contribution < -0.4 is 11.1 Å². The van der Waals surface area contributed by atoms with Crippen molar-refractivity contribution in [3.8, 4) is 0 Å². The normalized spacial score (nSPS) is 23.2. The molecule has 0 bridgehead atoms. The molecule has 0 spiro atoms. The summed E-state index contributed by atoms with van der Waals surface area (Å²) in [6, 6.07) is 8.99. The minimum atomic E-state index is 0.393. The first-order chi connectivity index (χ1) is 7.86. The van der Waals surface area contributed by atoms with E-state index in [1.54, 1.807) is 0 Å². The third-order valence-corrected chi connectivity index (χ3v) is 3.34. The monoisotopic (exact) mass is 218 g/mol. The molecule has 3 rings (SSSR count). The van der Waals surface area contributed by atoms with Gasteiger partial charge in [0.05, 0.1) is 0 Å². The van der Waals surface area contributed by atoms with Crippen molar-refractivity contribution in [3.63, 3.8) is 0 Å². The molecular weight excluding hydrogens is 196 g/mol. The smallest absolute Gasteiger partial charge is 0.00825 e. The number of hydrogen-bond acceptors (Lipinski definition) is 2. The molecule has 2 aliphatic rings. The molecule has 16 heavy (non-hydrogen) atoms. The van der Waals surface area contributed by atoms with Crippen LogP contribution in [0, 0.1) is 0 Å². The van der Waals surface area contributed by atoms with Crippen LogP contribution >= 0.6 is 0 Å². The summed E-state index contributed by atoms with van der Waals surface area (Å²) in [4.78, 5) is 0. The number of nitrogens with one attached hydrogen (secondary N) is 1. The molecule has 0 radical (unpaired) electrons. The third kappa shape index (κ3) is 3.32. The zero-order valence-electron chi connectivity index (χ0n) is 9.91. The fourth-order valence-electron chi connectivity index (χ4n) is 2.35. The minimum absolute atomic E-state index is 0.393. The summed E-state index contributed by atoms with van der Waals surface area (Å²) >= 11 is 0. The summed E-state index contributed by atoms with van der Waals surface area (Å²) in [6.45, 7) is 2.50. The van der Waals surface area contributed by atoms with Crippen LogP contribution in [0.2, 0.25) is 0 Å². The Labute approximate surface area is 98.2 Å². The second-order valence-electron chi connectivity index (χ2n) is 4.73. The van der Waals surface area contributed by atoms with Crippen molar-refractivity contribution in [1.29, 1.82) is 0 Å². The Morgan fingerprint density at radius 2 is 1.75 bits per heavy atom. The number of fused-ring (bicyclic) bond motifs is 1. The molecule has 1 unspecified atom stereocenters. The molecule has 0 saturated carbocycles. The molecule has 1 atom stereocenters. The summed E-state index contributed by atoms with van der Waals surface area (Å²) < 4.78 is 0. The standard InChI is InChI=1S/C10H13N.C4H9N/c11-10-6-5-8-3-1-2-4-9(8)7-10;1-2-4-5-3-1/h1-4,10H,5-7,11H2;5H,1-4H2. The Hall–Kier alpha value is -0.860. The van der Waals surface area contributed by atoms with E-state index < -0.39 is 0 Å². The van der Waals surface area contributed by atoms with Crippen molar-refractivity contribution in [3.05, 3.63) is 35.4 Å². The second-order valence-corrected chi connectivity index (χ2v) is 4.73. The first kappa shape index (κ1) is 11.6. The predicted octanol–water partition coefficient (Wildman–Crippen LogP) is 1.87. The van der Waals surface area contributed by atoms with Crippen molar-refractivity contribution in [1.82, 2.24) is 5.32 Å². The summed E-state index contributed by atoms with van der Waals surface area (Å²) in [5.74, 6) is 0. The molecule has 1 heterocycles. The van der Waals surface area contributed by atoms with Gasteiger partial charge in [-0.3, -0.25) is 0 Å². The van der Waals surface area contributed by atoms with E-state index in [-0.39, 0.29) is 0 Å². The maximum Gasteiger partial charge on any atom is 0.00825 e. The zero-order chi connectivity index (χ0) is 11.2. The summed E-state index contributed by atoms with van der Waals surface area (Å²) in [5, 5.41) is 3.22. The average Bonchev–Trinajstić information content (AvgIpc) is 2.87. The molecule has 2 nitrogen and oxygen atoms in total. The van der Waals surface area contributed by atoms with Crippen molar-refractivity contribution in [2.24, 2.45) is 5.73 Å². The first-order valence-electron chi connectivity index (χ1n) is 6.39. The van der Waals surface area contributed by atoms with Gasteiger partial charge in [-0.1, -0.05) is 24.3 Å². The van der Waals surface area contributed by atoms with E-state index in [2.05, 4.69) is 29.6 Å². The Bertz CT molecular complexity index is 311. The maximum absolute atomic E-state index is 5.85. The minimum Gasteiger partial charge on any atom is -0.327 e. The molecule has 1 saturated heterocycles. The fourth-order valence-corrected chi connectivity index (χ4v) is 2.35. The molecule has 1 aliphatic heterocycles. The molecule has 2 heteroatoms. The van der Waals surface area contributed by atoms with Gasteiger partial charge < -0.3 is 11.1 Å². The van der Waals surface area contributed by atoms with Gasteiger partial charge in [-0.15, -0.1) is 0 Å². The zero-order valence-corrected chi connectivity index (χ0v) is 9.91. The lowest BCUT2D eigenvalue weighted by molar-refractivity contribution is 0.576. The van der Waals surface area contributed by atoms with E-state index in [0.29, 0.717) is 6.04 Å². The summed E-state index contributed by atoms with van der Waals surface area (Å²) in [6.07, 6.45) is 6.16. The van der Waals surface area contributed by atoms with E-state index in [4.69, 9.17) is 5.73 Å². The highest BCUT2D eigenvalue weighted by molar-refractivity contribution is 5.30. The lowest BCUT2D eigenvalue weighted by atomic mass is 9.89. The van der Waals surface area contributed by atoms with Crippen LogP contribution in [0.25, 0.3) is 0 Å². The Morgan fingerprint density at radius 1 is 1.06 bits per heavy atom. The molecule has 1 aliphatic carbocycles. The number of hydrogen-bond donors (Lipinski definition) is 2. The van der Waals surface area contributed by atoms with Gasteiger partial charge in [-0.2, -0.15) is 0 Å². The number of benzene rings is 1. The number of nitrogens with two attached hydrogens (primary N) is 1. The Balaban J connectivity index is 0.000000162. The van der Waals surface area contributed by atoms with Crippen molar-refractivity contribution in [2.75, 3.05) is 13.1 Å². The van der Waals surface area contributed by atoms with E-state index in [1.165, 1.54) is 37.1 Å². The van der Waals surface area contributed by atoms with Crippen LogP contribution in [-0.4, -0.2) is 19.1 Å². The van der Waals surface area contributed by atoms with Gasteiger partial charge in [-0.25, -0.2) is 0 Å². The summed E-state index contributed by atoms with van der Waals surface area (Å²) in [7, 11) is 0. The highest BCUT2D eigenvalue weighted by Gasteiger charge is 2.13. The number of rotatable bonds is 0. The van der Waals surface area contributed by atoms with E-state index in [0.717, 1.165) is 19.3 Å². The average molecular weight is 218 g/mol. The predicted molar refractivity (Wildman–Crippen MR) is 68.5 cm³/mol. The van der Waals surface area contributed by atoms with E-state index in [1.807, 2.05) is 0 Å². The molecule has 1 aromatic rings. The Kier molecular flexibility index (Phi) is 4.37. The molecule has 88 valence electrons. The van der Waals surface area contributed by atoms with Gasteiger partial charge in [0.1, 0.15) is 0 Å². The highest BCUT2D eigenvalue weighted by atomic mass is 14.9. The number of aryl methyl sites for hydroxylation is 1. The van der Waals surface area contributed by atoms with Gasteiger partial charge in [0, 0.05) is 6.04 Å². The molecule has 3 N–H and O–H groups in total. The van der Waals surface area contributed by atoms with Gasteiger partial charge in [-0.05, 0) is 56.3 Å². The van der Waals surface area contributed by atoms with E-state index >= 15 is 0 Å². The molecule has 1 aromatic carbocycles. The lowest BCUT2D eigenvalue weighted by Crippen LogP contribution is -2.27. The fraction of sp³-hybridized carbons (Fsp3) is 0.571. The van der Waals surface area contributed by atoms with Gasteiger partial charge in [0.2, 0.25) is 0 Å². The van der Waals surface area contributed by atoms with Gasteiger partial charge >= 0.3 is 0 Å². The quantitative estimate of drug-likeness (QED) is 0.697. The molecule has 0 aromatic heterocycles. The lowest BCUT2D eigenvalue weighted by Gasteiger charge is -2.20. The van der Waals surface area contributed by atoms with Crippen molar-refractivity contribution in [2.45, 2.75) is 38.1 Å². The maximum atomic E-state index is 5.85. The van der Waals surface area contributed by atoms with Gasteiger partial charge in [0.25, 0.3) is 0 Å². The third-order valence-electron chi connectivity index (χ3n) is 3.34. The van der Waals surface area contributed by atoms with Gasteiger partial charge in [0.15, 0.2) is 0 Å². The highest BCUT2D eigenvalue weighted by Crippen LogP contribution is 2.19. The van der Waals surface area contributed by atoms with Crippen LogP contribution in [0.15, 0.2) is 24.3 Å². The van der Waals surface area contributed by atoms with Crippen molar-refractivity contribution >= 4 is 0 Å². The topological polar surface area (TPSA) is 38.0 Å². The largest absolute Gasteiger partial charge is 0.327 e. The second kappa shape index (κ2) is 6.02. The molecular formula is C14H22N2. The van der Waals surface area contributed by atoms with Crippen molar-refractivity contribution < 1.29 is 0 Å². The van der Waals surface area contributed by atoms with E-state index in [9.17, 15) is 0 Å². The molecule has 0 amide bonds.